The van der Waals surface area contributed by atoms with Crippen LogP contribution in [0.2, 0.25) is 10.2 Å². The fourth-order valence-corrected chi connectivity index (χ4v) is 3.28. The lowest BCUT2D eigenvalue weighted by Gasteiger charge is -2.18. The van der Waals surface area contributed by atoms with Crippen molar-refractivity contribution in [2.75, 3.05) is 0 Å². The first-order valence-corrected chi connectivity index (χ1v) is 9.87. The lowest BCUT2D eigenvalue weighted by molar-refractivity contribution is 0.0955. The summed E-state index contributed by atoms with van der Waals surface area (Å²) in [6.45, 7) is 8.20. The Morgan fingerprint density at radius 3 is 2.45 bits per heavy atom. The molecule has 29 heavy (non-hydrogen) atoms. The first-order valence-electron chi connectivity index (χ1n) is 9.12. The summed E-state index contributed by atoms with van der Waals surface area (Å²) in [6, 6.07) is 14.7. The molecule has 0 saturated heterocycles. The highest BCUT2D eigenvalue weighted by Gasteiger charge is 2.15. The molecule has 0 spiro atoms. The predicted molar refractivity (Wildman–Crippen MR) is 119 cm³/mol. The Hall–Kier alpha value is -2.63. The summed E-state index contributed by atoms with van der Waals surface area (Å²) in [5.74, 6) is -0.294. The molecule has 0 atom stereocenters. The third-order valence-electron chi connectivity index (χ3n) is 4.47. The molecule has 0 fully saturated rings. The summed E-state index contributed by atoms with van der Waals surface area (Å²) >= 11 is 12.5. The predicted octanol–water partition coefficient (Wildman–Crippen LogP) is 5.55. The Kier molecular flexibility index (Phi) is 6.10. The topological polar surface area (TPSA) is 59.3 Å². The average molecular weight is 429 g/mol. The van der Waals surface area contributed by atoms with E-state index >= 15 is 0 Å². The van der Waals surface area contributed by atoms with Crippen LogP contribution in [0.3, 0.4) is 0 Å². The van der Waals surface area contributed by atoms with Crippen LogP contribution in [0.15, 0.2) is 53.6 Å². The number of hydrazone groups is 1. The first kappa shape index (κ1) is 21.1. The zero-order chi connectivity index (χ0) is 21.2. The minimum Gasteiger partial charge on any atom is -0.267 e. The number of hydrogen-bond donors (Lipinski definition) is 1. The molecule has 2 aromatic carbocycles. The van der Waals surface area contributed by atoms with Crippen LogP contribution in [0.4, 0.5) is 0 Å². The van der Waals surface area contributed by atoms with Gasteiger partial charge in [0.2, 0.25) is 0 Å². The Balaban J connectivity index is 1.74. The number of nitrogens with zero attached hydrogens (tertiary/aromatic N) is 3. The summed E-state index contributed by atoms with van der Waals surface area (Å²) in [4.78, 5) is 12.3. The largest absolute Gasteiger partial charge is 0.271 e. The van der Waals surface area contributed by atoms with E-state index < -0.39 is 0 Å². The summed E-state index contributed by atoms with van der Waals surface area (Å²) in [5, 5.41) is 9.46. The molecule has 1 amide bonds. The molecule has 0 aliphatic carbocycles. The van der Waals surface area contributed by atoms with Crippen LogP contribution in [0.25, 0.3) is 5.69 Å². The van der Waals surface area contributed by atoms with Gasteiger partial charge in [-0.3, -0.25) is 4.79 Å². The van der Waals surface area contributed by atoms with Crippen LogP contribution in [-0.2, 0) is 5.41 Å². The molecule has 1 heterocycles. The van der Waals surface area contributed by atoms with E-state index in [2.05, 4.69) is 36.4 Å². The van der Waals surface area contributed by atoms with E-state index in [1.165, 1.54) is 6.21 Å². The number of hydrogen-bond acceptors (Lipinski definition) is 3. The van der Waals surface area contributed by atoms with Crippen LogP contribution >= 0.6 is 23.2 Å². The third kappa shape index (κ3) is 4.86. The molecular formula is C22H22Cl2N4O. The van der Waals surface area contributed by atoms with Crippen molar-refractivity contribution in [2.45, 2.75) is 33.1 Å². The van der Waals surface area contributed by atoms with Gasteiger partial charge in [-0.15, -0.1) is 0 Å². The molecule has 7 heteroatoms. The molecule has 0 aliphatic rings. The third-order valence-corrected chi connectivity index (χ3v) is 5.07. The van der Waals surface area contributed by atoms with E-state index in [1.54, 1.807) is 28.9 Å². The standard InChI is InChI=1S/C22H22Cl2N4O/c1-14-19(20(24)28(27-14)18-7-5-6-17(23)12-18)13-25-26-21(29)15-8-10-16(11-9-15)22(2,3)4/h5-13H,1-4H3,(H,26,29). The molecule has 0 aliphatic heterocycles. The number of amides is 1. The SMILES string of the molecule is Cc1nn(-c2cccc(Cl)c2)c(Cl)c1C=NNC(=O)c1ccc(C(C)(C)C)cc1. The maximum absolute atomic E-state index is 12.3. The van der Waals surface area contributed by atoms with Gasteiger partial charge in [0.15, 0.2) is 0 Å². The molecule has 3 aromatic rings. The Labute approximate surface area is 180 Å². The number of benzene rings is 2. The minimum atomic E-state index is -0.294. The van der Waals surface area contributed by atoms with Crippen LogP contribution in [0.5, 0.6) is 0 Å². The van der Waals surface area contributed by atoms with Crippen molar-refractivity contribution in [3.05, 3.63) is 81.1 Å². The highest BCUT2D eigenvalue weighted by Crippen LogP contribution is 2.24. The fourth-order valence-electron chi connectivity index (χ4n) is 2.78. The molecule has 0 radical (unpaired) electrons. The quantitative estimate of drug-likeness (QED) is 0.437. The smallest absolute Gasteiger partial charge is 0.267 e. The molecule has 5 nitrogen and oxygen atoms in total. The van der Waals surface area contributed by atoms with Gasteiger partial charge in [0.05, 0.1) is 23.2 Å². The monoisotopic (exact) mass is 428 g/mol. The molecule has 0 unspecified atom stereocenters. The molecule has 0 saturated carbocycles. The first-order chi connectivity index (χ1) is 13.7. The number of aromatic nitrogens is 2. The van der Waals surface area contributed by atoms with Gasteiger partial charge in [-0.05, 0) is 48.2 Å². The lowest BCUT2D eigenvalue weighted by atomic mass is 9.87. The summed E-state index contributed by atoms with van der Waals surface area (Å²) in [6.07, 6.45) is 1.49. The Morgan fingerprint density at radius 1 is 1.14 bits per heavy atom. The van der Waals surface area contributed by atoms with Gasteiger partial charge in [-0.25, -0.2) is 10.1 Å². The van der Waals surface area contributed by atoms with Crippen LogP contribution in [0, 0.1) is 6.92 Å². The molecule has 0 bridgehead atoms. The van der Waals surface area contributed by atoms with Gasteiger partial charge in [-0.1, -0.05) is 62.2 Å². The van der Waals surface area contributed by atoms with Crippen LogP contribution in [-0.4, -0.2) is 21.9 Å². The number of rotatable bonds is 4. The second-order valence-corrected chi connectivity index (χ2v) is 8.50. The minimum absolute atomic E-state index is 0.0323. The summed E-state index contributed by atoms with van der Waals surface area (Å²) in [7, 11) is 0. The molecular weight excluding hydrogens is 407 g/mol. The molecule has 150 valence electrons. The van der Waals surface area contributed by atoms with Crippen molar-refractivity contribution in [1.29, 1.82) is 0 Å². The zero-order valence-electron chi connectivity index (χ0n) is 16.7. The maximum atomic E-state index is 12.3. The zero-order valence-corrected chi connectivity index (χ0v) is 18.2. The van der Waals surface area contributed by atoms with E-state index in [1.807, 2.05) is 31.2 Å². The van der Waals surface area contributed by atoms with E-state index in [-0.39, 0.29) is 11.3 Å². The van der Waals surface area contributed by atoms with Gasteiger partial charge in [0.25, 0.3) is 5.91 Å². The Bertz CT molecular complexity index is 1060. The van der Waals surface area contributed by atoms with Crippen LogP contribution in [0.1, 0.15) is 48.0 Å². The van der Waals surface area contributed by atoms with Gasteiger partial charge in [-0.2, -0.15) is 10.2 Å². The number of halogens is 2. The van der Waals surface area contributed by atoms with Crippen molar-refractivity contribution in [2.24, 2.45) is 5.10 Å². The van der Waals surface area contributed by atoms with Gasteiger partial charge < -0.3 is 0 Å². The second kappa shape index (κ2) is 8.39. The van der Waals surface area contributed by atoms with Crippen molar-refractivity contribution >= 4 is 35.3 Å². The van der Waals surface area contributed by atoms with E-state index in [0.717, 1.165) is 11.3 Å². The molecule has 1 N–H and O–H groups in total. The van der Waals surface area contributed by atoms with Crippen molar-refractivity contribution in [1.82, 2.24) is 15.2 Å². The average Bonchev–Trinajstić information content (AvgIpc) is 2.95. The number of carbonyl (C=O) groups excluding carboxylic acids is 1. The summed E-state index contributed by atoms with van der Waals surface area (Å²) in [5.41, 5.74) is 6.31. The van der Waals surface area contributed by atoms with Gasteiger partial charge in [0, 0.05) is 10.6 Å². The fraction of sp³-hybridized carbons (Fsp3) is 0.227. The maximum Gasteiger partial charge on any atom is 0.271 e. The van der Waals surface area contributed by atoms with Gasteiger partial charge in [0.1, 0.15) is 5.15 Å². The highest BCUT2D eigenvalue weighted by atomic mass is 35.5. The Morgan fingerprint density at radius 2 is 1.83 bits per heavy atom. The normalized spacial score (nSPS) is 11.8. The van der Waals surface area contributed by atoms with Crippen molar-refractivity contribution in [3.8, 4) is 5.69 Å². The number of aryl methyl sites for hydroxylation is 1. The van der Waals surface area contributed by atoms with Gasteiger partial charge >= 0.3 is 0 Å². The molecule has 3 rings (SSSR count). The number of nitrogens with one attached hydrogen (secondary N) is 1. The second-order valence-electron chi connectivity index (χ2n) is 7.71. The number of carbonyl (C=O) groups is 1. The van der Waals surface area contributed by atoms with Crippen LogP contribution < -0.4 is 5.43 Å². The van der Waals surface area contributed by atoms with E-state index in [0.29, 0.717) is 27.0 Å². The van der Waals surface area contributed by atoms with Crippen molar-refractivity contribution in [3.63, 3.8) is 0 Å². The highest BCUT2D eigenvalue weighted by molar-refractivity contribution is 6.32. The van der Waals surface area contributed by atoms with E-state index in [9.17, 15) is 4.79 Å². The molecule has 1 aromatic heterocycles. The lowest BCUT2D eigenvalue weighted by Crippen LogP contribution is -2.18. The van der Waals surface area contributed by atoms with Crippen molar-refractivity contribution < 1.29 is 4.79 Å². The van der Waals surface area contributed by atoms with E-state index in [4.69, 9.17) is 23.2 Å². The summed E-state index contributed by atoms with van der Waals surface area (Å²) < 4.78 is 1.58.